The summed E-state index contributed by atoms with van der Waals surface area (Å²) < 4.78 is 27.3. The minimum atomic E-state index is -1.01. The Hall–Kier alpha value is -4.60. The minimum Gasteiger partial charge on any atom is -0.493 e. The van der Waals surface area contributed by atoms with Crippen LogP contribution in [0.2, 0.25) is 0 Å². The molecule has 1 aromatic heterocycles. The summed E-state index contributed by atoms with van der Waals surface area (Å²) >= 11 is 0. The molecule has 2 heterocycles. The van der Waals surface area contributed by atoms with Crippen molar-refractivity contribution in [2.24, 2.45) is 0 Å². The van der Waals surface area contributed by atoms with Crippen molar-refractivity contribution in [3.8, 4) is 23.0 Å². The van der Waals surface area contributed by atoms with Crippen LogP contribution < -0.4 is 19.5 Å². The van der Waals surface area contributed by atoms with Gasteiger partial charge in [-0.05, 0) is 26.0 Å². The normalized spacial score (nSPS) is 13.6. The van der Waals surface area contributed by atoms with Crippen LogP contribution in [0, 0.1) is 0 Å². The maximum atomic E-state index is 13.0. The lowest BCUT2D eigenvalue weighted by Gasteiger charge is -2.32. The highest BCUT2D eigenvalue weighted by molar-refractivity contribution is 5.98. The number of ether oxygens (including phenoxy) is 5. The smallest absolute Gasteiger partial charge is 0.328 e. The molecule has 1 aliphatic heterocycles. The number of fused-ring (bicyclic) bond motifs is 2. The number of carbonyl (C=O) groups excluding carboxylic acids is 3. The number of rotatable bonds is 9. The second-order valence-corrected chi connectivity index (χ2v) is 8.58. The topological polar surface area (TPSA) is 122 Å². The molecule has 0 aliphatic carbocycles. The third kappa shape index (κ3) is 5.69. The van der Waals surface area contributed by atoms with Crippen molar-refractivity contribution in [3.63, 3.8) is 0 Å². The Morgan fingerprint density at radius 2 is 1.63 bits per heavy atom. The van der Waals surface area contributed by atoms with E-state index in [1.165, 1.54) is 33.2 Å². The lowest BCUT2D eigenvalue weighted by atomic mass is 9.84. The molecule has 0 saturated carbocycles. The molecule has 0 radical (unpaired) electrons. The van der Waals surface area contributed by atoms with Gasteiger partial charge in [0.15, 0.2) is 17.2 Å². The highest BCUT2D eigenvalue weighted by Gasteiger charge is 2.34. The molecule has 2 atom stereocenters. The van der Waals surface area contributed by atoms with Gasteiger partial charge in [0.1, 0.15) is 23.6 Å². The van der Waals surface area contributed by atoms with E-state index < -0.39 is 36.8 Å². The fourth-order valence-corrected chi connectivity index (χ4v) is 4.19. The number of benzene rings is 2. The van der Waals surface area contributed by atoms with Crippen molar-refractivity contribution in [3.05, 3.63) is 77.6 Å². The summed E-state index contributed by atoms with van der Waals surface area (Å²) in [6.45, 7) is 4.10. The fraction of sp³-hybridized carbons (Fsp3) is 0.286. The van der Waals surface area contributed by atoms with Gasteiger partial charge in [0.25, 0.3) is 5.91 Å². The summed E-state index contributed by atoms with van der Waals surface area (Å²) in [6.07, 6.45) is 0.794. The summed E-state index contributed by atoms with van der Waals surface area (Å²) in [4.78, 5) is 41.2. The molecule has 1 unspecified atom stereocenters. The van der Waals surface area contributed by atoms with Crippen molar-refractivity contribution in [1.82, 2.24) is 10.3 Å². The average molecular weight is 521 g/mol. The van der Waals surface area contributed by atoms with Crippen molar-refractivity contribution in [1.29, 1.82) is 0 Å². The predicted molar refractivity (Wildman–Crippen MR) is 135 cm³/mol. The van der Waals surface area contributed by atoms with E-state index >= 15 is 0 Å². The molecule has 0 bridgehead atoms. The molecule has 0 fully saturated rings. The Bertz CT molecular complexity index is 1300. The Labute approximate surface area is 219 Å². The zero-order valence-corrected chi connectivity index (χ0v) is 21.4. The molecule has 2 aromatic carbocycles. The first-order valence-electron chi connectivity index (χ1n) is 12.0. The summed E-state index contributed by atoms with van der Waals surface area (Å²) in [7, 11) is 1.39. The van der Waals surface area contributed by atoms with Gasteiger partial charge in [-0.15, -0.1) is 0 Å². The van der Waals surface area contributed by atoms with Gasteiger partial charge >= 0.3 is 11.9 Å². The molecular weight excluding hydrogens is 492 g/mol. The van der Waals surface area contributed by atoms with Crippen molar-refractivity contribution in [2.45, 2.75) is 38.8 Å². The number of nitrogens with zero attached hydrogens (tertiary/aromatic N) is 1. The van der Waals surface area contributed by atoms with Crippen molar-refractivity contribution >= 4 is 17.8 Å². The summed E-state index contributed by atoms with van der Waals surface area (Å²) in [6, 6.07) is 15.7. The standard InChI is InChI=1S/C28H28N2O8/c1-16(30-27(32)25-26(36-15-35-18(3)31)23(34-4)13-14-29-25)28(33)37-17(2)24-19-9-5-7-11-21(19)38-22-12-8-6-10-20(22)24/h5-14,16-17,24H,15H2,1-4H3,(H,30,32)/t16-,17?/m0/s1. The molecule has 1 aliphatic rings. The van der Waals surface area contributed by atoms with E-state index in [1.807, 2.05) is 48.5 Å². The van der Waals surface area contributed by atoms with Gasteiger partial charge in [0.2, 0.25) is 6.79 Å². The van der Waals surface area contributed by atoms with Gasteiger partial charge in [0.05, 0.1) is 13.0 Å². The second-order valence-electron chi connectivity index (χ2n) is 8.58. The summed E-state index contributed by atoms with van der Waals surface area (Å²) in [5, 5.41) is 2.59. The molecule has 0 saturated heterocycles. The van der Waals surface area contributed by atoms with Crippen LogP contribution in [-0.2, 0) is 19.1 Å². The van der Waals surface area contributed by atoms with Crippen LogP contribution in [0.25, 0.3) is 0 Å². The minimum absolute atomic E-state index is 0.0295. The Kier molecular flexibility index (Phi) is 8.10. The molecule has 3 aromatic rings. The van der Waals surface area contributed by atoms with Crippen molar-refractivity contribution < 1.29 is 38.1 Å². The number of hydrogen-bond acceptors (Lipinski definition) is 9. The number of carbonyl (C=O) groups is 3. The first-order valence-corrected chi connectivity index (χ1v) is 12.0. The number of aromatic nitrogens is 1. The molecule has 0 spiro atoms. The van der Waals surface area contributed by atoms with Crippen LogP contribution >= 0.6 is 0 Å². The number of para-hydroxylation sites is 2. The number of amides is 1. The Morgan fingerprint density at radius 3 is 2.24 bits per heavy atom. The van der Waals surface area contributed by atoms with Gasteiger partial charge in [-0.2, -0.15) is 0 Å². The average Bonchev–Trinajstić information content (AvgIpc) is 2.91. The fourth-order valence-electron chi connectivity index (χ4n) is 4.19. The molecular formula is C28H28N2O8. The molecule has 1 N–H and O–H groups in total. The molecule has 4 rings (SSSR count). The van der Waals surface area contributed by atoms with E-state index in [4.69, 9.17) is 23.7 Å². The lowest BCUT2D eigenvalue weighted by molar-refractivity contribution is -0.151. The van der Waals surface area contributed by atoms with Gasteiger partial charge in [-0.3, -0.25) is 9.59 Å². The lowest BCUT2D eigenvalue weighted by Crippen LogP contribution is -2.42. The quantitative estimate of drug-likeness (QED) is 0.330. The SMILES string of the molecule is COc1ccnc(C(=O)N[C@@H](C)C(=O)OC(C)C2c3ccccc3Oc3ccccc32)c1OCOC(C)=O. The van der Waals surface area contributed by atoms with Gasteiger partial charge in [-0.1, -0.05) is 36.4 Å². The second kappa shape index (κ2) is 11.6. The third-order valence-corrected chi connectivity index (χ3v) is 5.97. The Morgan fingerprint density at radius 1 is 1.00 bits per heavy atom. The zero-order valence-electron chi connectivity index (χ0n) is 21.4. The largest absolute Gasteiger partial charge is 0.493 e. The number of esters is 2. The number of pyridine rings is 1. The maximum absolute atomic E-state index is 13.0. The van der Waals surface area contributed by atoms with E-state index in [0.717, 1.165) is 11.1 Å². The molecule has 10 nitrogen and oxygen atoms in total. The van der Waals surface area contributed by atoms with Crippen LogP contribution in [0.4, 0.5) is 0 Å². The van der Waals surface area contributed by atoms with Crippen LogP contribution in [0.15, 0.2) is 60.8 Å². The van der Waals surface area contributed by atoms with E-state index in [-0.39, 0.29) is 23.1 Å². The van der Waals surface area contributed by atoms with Gasteiger partial charge in [0, 0.05) is 30.3 Å². The van der Waals surface area contributed by atoms with Gasteiger partial charge < -0.3 is 29.0 Å². The van der Waals surface area contributed by atoms with E-state index in [9.17, 15) is 14.4 Å². The summed E-state index contributed by atoms with van der Waals surface area (Å²) in [5.74, 6) is -0.561. The van der Waals surface area contributed by atoms with Crippen LogP contribution in [0.3, 0.4) is 0 Å². The zero-order chi connectivity index (χ0) is 27.2. The molecule has 10 heteroatoms. The first-order chi connectivity index (χ1) is 18.3. The van der Waals surface area contributed by atoms with E-state index in [2.05, 4.69) is 10.3 Å². The number of nitrogens with one attached hydrogen (secondary N) is 1. The molecule has 38 heavy (non-hydrogen) atoms. The predicted octanol–water partition coefficient (Wildman–Crippen LogP) is 3.98. The van der Waals surface area contributed by atoms with Crippen LogP contribution in [0.5, 0.6) is 23.0 Å². The molecule has 198 valence electrons. The third-order valence-electron chi connectivity index (χ3n) is 5.97. The first kappa shape index (κ1) is 26.5. The number of methoxy groups -OCH3 is 1. The highest BCUT2D eigenvalue weighted by atomic mass is 16.7. The van der Waals surface area contributed by atoms with Crippen LogP contribution in [0.1, 0.15) is 48.3 Å². The summed E-state index contributed by atoms with van der Waals surface area (Å²) in [5.41, 5.74) is 1.66. The number of hydrogen-bond donors (Lipinski definition) is 1. The van der Waals surface area contributed by atoms with E-state index in [0.29, 0.717) is 11.5 Å². The monoisotopic (exact) mass is 520 g/mol. The van der Waals surface area contributed by atoms with Crippen LogP contribution in [-0.4, -0.2) is 48.9 Å². The molecule has 1 amide bonds. The van der Waals surface area contributed by atoms with E-state index in [1.54, 1.807) is 6.92 Å². The Balaban J connectivity index is 1.48. The van der Waals surface area contributed by atoms with Crippen molar-refractivity contribution in [2.75, 3.05) is 13.9 Å². The maximum Gasteiger partial charge on any atom is 0.328 e. The highest BCUT2D eigenvalue weighted by Crippen LogP contribution is 2.46. The van der Waals surface area contributed by atoms with Gasteiger partial charge in [-0.25, -0.2) is 9.78 Å².